The summed E-state index contributed by atoms with van der Waals surface area (Å²) in [6, 6.07) is 10.3. The Kier molecular flexibility index (Phi) is 7.29. The second kappa shape index (κ2) is 10.3. The van der Waals surface area contributed by atoms with Gasteiger partial charge in [0.05, 0.1) is 12.4 Å². The Balaban J connectivity index is 1.71. The molecule has 0 saturated heterocycles. The minimum absolute atomic E-state index is 0.0359. The van der Waals surface area contributed by atoms with Crippen molar-refractivity contribution >= 4 is 34.5 Å². The average molecular weight is 437 g/mol. The molecule has 0 fully saturated rings. The number of nitrogens with one attached hydrogen (secondary N) is 3. The maximum Gasteiger partial charge on any atom is 0.303 e. The zero-order chi connectivity index (χ0) is 23.1. The zero-order valence-corrected chi connectivity index (χ0v) is 17.1. The van der Waals surface area contributed by atoms with E-state index in [1.165, 1.54) is 12.5 Å². The molecule has 6 N–H and O–H groups in total. The van der Waals surface area contributed by atoms with Crippen LogP contribution in [0.5, 0.6) is 0 Å². The summed E-state index contributed by atoms with van der Waals surface area (Å²) in [5, 5.41) is 15.4. The lowest BCUT2D eigenvalue weighted by molar-refractivity contribution is -0.137. The summed E-state index contributed by atoms with van der Waals surface area (Å²) < 4.78 is 0. The maximum absolute atomic E-state index is 12.8. The normalized spacial score (nSPS) is 12.7. The van der Waals surface area contributed by atoms with Crippen molar-refractivity contribution in [3.05, 3.63) is 66.2 Å². The minimum atomic E-state index is -1.12. The number of nitrogens with zero attached hydrogens (tertiary/aromatic N) is 1. The number of aliphatic carboxylic acids is 1. The molecule has 0 aliphatic carbocycles. The van der Waals surface area contributed by atoms with Crippen LogP contribution in [0, 0.1) is 0 Å². The van der Waals surface area contributed by atoms with Gasteiger partial charge in [0.2, 0.25) is 11.8 Å². The smallest absolute Gasteiger partial charge is 0.303 e. The Labute approximate surface area is 183 Å². The summed E-state index contributed by atoms with van der Waals surface area (Å²) in [4.78, 5) is 55.3. The van der Waals surface area contributed by atoms with Crippen LogP contribution in [0.25, 0.3) is 10.8 Å². The highest BCUT2D eigenvalue weighted by Crippen LogP contribution is 2.15. The topological polar surface area (TPSA) is 167 Å². The fraction of sp³-hybridized carbons (Fsp3) is 0.227. The van der Waals surface area contributed by atoms with Crippen LogP contribution >= 0.6 is 0 Å². The van der Waals surface area contributed by atoms with Gasteiger partial charge in [-0.3, -0.25) is 24.5 Å². The SMILES string of the molecule is N[C@@H](CCC(=O)O)C(=O)N[C@@H](Cc1cnc[nH]1)C(=O)NC(=O)c1ccc2ccccc2c1. The molecular weight excluding hydrogens is 414 g/mol. The summed E-state index contributed by atoms with van der Waals surface area (Å²) in [5.74, 6) is -3.11. The molecule has 10 heteroatoms. The van der Waals surface area contributed by atoms with Crippen molar-refractivity contribution < 1.29 is 24.3 Å². The summed E-state index contributed by atoms with van der Waals surface area (Å²) in [6.45, 7) is 0. The molecule has 1 aromatic heterocycles. The van der Waals surface area contributed by atoms with E-state index in [0.29, 0.717) is 11.3 Å². The van der Waals surface area contributed by atoms with Crippen LogP contribution in [0.15, 0.2) is 55.0 Å². The lowest BCUT2D eigenvalue weighted by atomic mass is 10.1. The van der Waals surface area contributed by atoms with Crippen molar-refractivity contribution in [2.45, 2.75) is 31.3 Å². The molecule has 32 heavy (non-hydrogen) atoms. The highest BCUT2D eigenvalue weighted by molar-refractivity contribution is 6.08. The first-order chi connectivity index (χ1) is 15.3. The number of nitrogens with two attached hydrogens (primary N) is 1. The highest BCUT2D eigenvalue weighted by Gasteiger charge is 2.26. The number of imide groups is 1. The van der Waals surface area contributed by atoms with Crippen LogP contribution in [-0.2, 0) is 20.8 Å². The third-order valence-electron chi connectivity index (χ3n) is 4.87. The standard InChI is InChI=1S/C22H23N5O5/c23-17(7-8-19(28)29)21(31)26-18(10-16-11-24-12-25-16)22(32)27-20(30)15-6-5-13-3-1-2-4-14(13)9-15/h1-6,9,11-12,17-18H,7-8,10,23H2,(H,24,25)(H,26,31)(H,28,29)(H,27,30,32)/t17-,18-/m0/s1. The Bertz CT molecular complexity index is 1130. The van der Waals surface area contributed by atoms with Gasteiger partial charge in [0.25, 0.3) is 5.91 Å². The van der Waals surface area contributed by atoms with Crippen LogP contribution in [0.3, 0.4) is 0 Å². The molecule has 166 valence electrons. The molecule has 3 rings (SSSR count). The van der Waals surface area contributed by atoms with Crippen molar-refractivity contribution in [3.63, 3.8) is 0 Å². The van der Waals surface area contributed by atoms with Crippen molar-refractivity contribution in [3.8, 4) is 0 Å². The second-order valence-electron chi connectivity index (χ2n) is 7.26. The molecule has 3 amide bonds. The number of carbonyl (C=O) groups excluding carboxylic acids is 3. The summed E-state index contributed by atoms with van der Waals surface area (Å²) in [7, 11) is 0. The Morgan fingerprint density at radius 1 is 1.06 bits per heavy atom. The fourth-order valence-electron chi connectivity index (χ4n) is 3.12. The number of imidazole rings is 1. The lowest BCUT2D eigenvalue weighted by Crippen LogP contribution is -2.53. The molecule has 0 aliphatic heterocycles. The largest absolute Gasteiger partial charge is 0.481 e. The van der Waals surface area contributed by atoms with Crippen molar-refractivity contribution in [1.29, 1.82) is 0 Å². The molecule has 3 aromatic rings. The van der Waals surface area contributed by atoms with E-state index in [1.807, 2.05) is 24.3 Å². The Hall–Kier alpha value is -4.05. The van der Waals surface area contributed by atoms with Crippen LogP contribution in [0.4, 0.5) is 0 Å². The number of aromatic amines is 1. The molecule has 2 atom stereocenters. The predicted molar refractivity (Wildman–Crippen MR) is 115 cm³/mol. The third-order valence-corrected chi connectivity index (χ3v) is 4.87. The fourth-order valence-corrected chi connectivity index (χ4v) is 3.12. The van der Waals surface area contributed by atoms with E-state index in [4.69, 9.17) is 10.8 Å². The van der Waals surface area contributed by atoms with Gasteiger partial charge in [0.1, 0.15) is 6.04 Å². The van der Waals surface area contributed by atoms with E-state index in [9.17, 15) is 19.2 Å². The molecule has 1 heterocycles. The van der Waals surface area contributed by atoms with E-state index >= 15 is 0 Å². The Morgan fingerprint density at radius 2 is 1.81 bits per heavy atom. The van der Waals surface area contributed by atoms with Crippen molar-refractivity contribution in [2.75, 3.05) is 0 Å². The molecule has 0 aliphatic rings. The van der Waals surface area contributed by atoms with Crippen LogP contribution < -0.4 is 16.4 Å². The van der Waals surface area contributed by atoms with E-state index in [1.54, 1.807) is 18.2 Å². The van der Waals surface area contributed by atoms with Gasteiger partial charge in [-0.2, -0.15) is 0 Å². The number of hydrogen-bond acceptors (Lipinski definition) is 6. The maximum atomic E-state index is 12.8. The molecule has 0 spiro atoms. The minimum Gasteiger partial charge on any atom is -0.481 e. The van der Waals surface area contributed by atoms with Gasteiger partial charge < -0.3 is 21.1 Å². The molecule has 0 bridgehead atoms. The quantitative estimate of drug-likeness (QED) is 0.329. The van der Waals surface area contributed by atoms with E-state index in [-0.39, 0.29) is 19.3 Å². The van der Waals surface area contributed by atoms with Gasteiger partial charge in [0.15, 0.2) is 0 Å². The number of aromatic nitrogens is 2. The zero-order valence-electron chi connectivity index (χ0n) is 17.1. The summed E-state index contributed by atoms with van der Waals surface area (Å²) in [6.07, 6.45) is 2.57. The van der Waals surface area contributed by atoms with Gasteiger partial charge in [-0.05, 0) is 29.3 Å². The number of amides is 3. The molecule has 10 nitrogen and oxygen atoms in total. The van der Waals surface area contributed by atoms with Gasteiger partial charge in [0, 0.05) is 30.3 Å². The first-order valence-electron chi connectivity index (χ1n) is 9.92. The van der Waals surface area contributed by atoms with Crippen LogP contribution in [0.2, 0.25) is 0 Å². The molecular formula is C22H23N5O5. The molecule has 0 saturated carbocycles. The number of hydrogen-bond donors (Lipinski definition) is 5. The third kappa shape index (κ3) is 5.99. The number of rotatable bonds is 9. The summed E-state index contributed by atoms with van der Waals surface area (Å²) in [5.41, 5.74) is 6.59. The number of H-pyrrole nitrogens is 1. The number of benzene rings is 2. The van der Waals surface area contributed by atoms with Crippen molar-refractivity contribution in [1.82, 2.24) is 20.6 Å². The van der Waals surface area contributed by atoms with Gasteiger partial charge in [-0.1, -0.05) is 30.3 Å². The number of carboxylic acid groups (broad SMARTS) is 1. The van der Waals surface area contributed by atoms with E-state index in [2.05, 4.69) is 20.6 Å². The van der Waals surface area contributed by atoms with E-state index in [0.717, 1.165) is 10.8 Å². The molecule has 0 unspecified atom stereocenters. The first-order valence-corrected chi connectivity index (χ1v) is 9.92. The monoisotopic (exact) mass is 437 g/mol. The lowest BCUT2D eigenvalue weighted by Gasteiger charge is -2.20. The first kappa shape index (κ1) is 22.6. The van der Waals surface area contributed by atoms with E-state index < -0.39 is 35.8 Å². The number of carboxylic acids is 1. The number of carbonyl (C=O) groups is 4. The average Bonchev–Trinajstić information content (AvgIpc) is 3.29. The van der Waals surface area contributed by atoms with Gasteiger partial charge >= 0.3 is 5.97 Å². The number of fused-ring (bicyclic) bond motifs is 1. The highest BCUT2D eigenvalue weighted by atomic mass is 16.4. The van der Waals surface area contributed by atoms with Gasteiger partial charge in [-0.25, -0.2) is 4.98 Å². The van der Waals surface area contributed by atoms with Gasteiger partial charge in [-0.15, -0.1) is 0 Å². The second-order valence-corrected chi connectivity index (χ2v) is 7.26. The molecule has 2 aromatic carbocycles. The Morgan fingerprint density at radius 3 is 2.50 bits per heavy atom. The summed E-state index contributed by atoms with van der Waals surface area (Å²) >= 11 is 0. The molecule has 0 radical (unpaired) electrons. The van der Waals surface area contributed by atoms with Crippen LogP contribution in [0.1, 0.15) is 28.9 Å². The van der Waals surface area contributed by atoms with Crippen LogP contribution in [-0.4, -0.2) is 50.8 Å². The predicted octanol–water partition coefficient (Wildman–Crippen LogP) is 0.739. The van der Waals surface area contributed by atoms with Crippen molar-refractivity contribution in [2.24, 2.45) is 5.73 Å².